The molecule has 0 saturated carbocycles. The highest BCUT2D eigenvalue weighted by Gasteiger charge is 2.30. The minimum Gasteiger partial charge on any atom is -0.494 e. The van der Waals surface area contributed by atoms with Gasteiger partial charge in [0.1, 0.15) is 5.75 Å². The average Bonchev–Trinajstić information content (AvgIpc) is 3.15. The normalized spacial score (nSPS) is 20.5. The fraction of sp³-hybridized carbons (Fsp3) is 0.519. The van der Waals surface area contributed by atoms with E-state index in [1.165, 1.54) is 24.8 Å². The highest BCUT2D eigenvalue weighted by molar-refractivity contribution is 5.97. The summed E-state index contributed by atoms with van der Waals surface area (Å²) >= 11 is 0. The van der Waals surface area contributed by atoms with Crippen LogP contribution in [-0.4, -0.2) is 61.8 Å². The number of nitrogens with zero attached hydrogens (tertiary/aromatic N) is 2. The highest BCUT2D eigenvalue weighted by Crippen LogP contribution is 2.37. The van der Waals surface area contributed by atoms with Crippen LogP contribution in [0.2, 0.25) is 0 Å². The summed E-state index contributed by atoms with van der Waals surface area (Å²) in [6, 6.07) is 12.1. The Labute approximate surface area is 196 Å². The van der Waals surface area contributed by atoms with Crippen LogP contribution in [0.5, 0.6) is 17.2 Å². The number of carbonyl (C=O) groups excluding carboxylic acids is 1. The Hall–Kier alpha value is -2.73. The van der Waals surface area contributed by atoms with Crippen LogP contribution < -0.4 is 14.2 Å². The topological polar surface area (TPSA) is 51.2 Å². The Morgan fingerprint density at radius 3 is 2.85 bits per heavy atom. The molecule has 3 aliphatic heterocycles. The van der Waals surface area contributed by atoms with Crippen molar-refractivity contribution in [1.82, 2.24) is 9.80 Å². The third-order valence-electron chi connectivity index (χ3n) is 6.98. The SMILES string of the molecule is Cc1cccc(OCCCN2CCCCC(CN3CCc4cc5c(cc4C3=O)OCO5)C2)c1. The van der Waals surface area contributed by atoms with Gasteiger partial charge >= 0.3 is 0 Å². The lowest BCUT2D eigenvalue weighted by Crippen LogP contribution is -2.43. The van der Waals surface area contributed by atoms with Crippen LogP contribution >= 0.6 is 0 Å². The van der Waals surface area contributed by atoms with Crippen LogP contribution in [0.1, 0.15) is 47.2 Å². The maximum Gasteiger partial charge on any atom is 0.254 e. The van der Waals surface area contributed by atoms with E-state index >= 15 is 0 Å². The molecule has 0 aromatic heterocycles. The van der Waals surface area contributed by atoms with Crippen molar-refractivity contribution in [2.75, 3.05) is 46.1 Å². The van der Waals surface area contributed by atoms with Gasteiger partial charge in [-0.25, -0.2) is 0 Å². The summed E-state index contributed by atoms with van der Waals surface area (Å²) < 4.78 is 16.9. The molecule has 1 unspecified atom stereocenters. The largest absolute Gasteiger partial charge is 0.494 e. The molecule has 1 amide bonds. The van der Waals surface area contributed by atoms with E-state index in [1.54, 1.807) is 0 Å². The van der Waals surface area contributed by atoms with Crippen LogP contribution in [0.4, 0.5) is 0 Å². The van der Waals surface area contributed by atoms with Crippen molar-refractivity contribution in [3.05, 3.63) is 53.1 Å². The molecule has 2 aromatic carbocycles. The number of fused-ring (bicyclic) bond motifs is 2. The van der Waals surface area contributed by atoms with Crippen LogP contribution in [0.3, 0.4) is 0 Å². The van der Waals surface area contributed by atoms with Gasteiger partial charge < -0.3 is 24.0 Å². The average molecular weight is 451 g/mol. The number of carbonyl (C=O) groups is 1. The Kier molecular flexibility index (Phi) is 6.72. The van der Waals surface area contributed by atoms with E-state index in [1.807, 2.05) is 24.3 Å². The Bertz CT molecular complexity index is 992. The first-order chi connectivity index (χ1) is 16.2. The van der Waals surface area contributed by atoms with Crippen molar-refractivity contribution in [3.63, 3.8) is 0 Å². The quantitative estimate of drug-likeness (QED) is 0.589. The molecule has 6 nitrogen and oxygen atoms in total. The van der Waals surface area contributed by atoms with E-state index < -0.39 is 0 Å². The molecule has 176 valence electrons. The first-order valence-corrected chi connectivity index (χ1v) is 12.3. The van der Waals surface area contributed by atoms with Crippen LogP contribution in [0.25, 0.3) is 0 Å². The molecule has 6 heteroatoms. The summed E-state index contributed by atoms with van der Waals surface area (Å²) in [4.78, 5) is 17.8. The maximum atomic E-state index is 13.2. The van der Waals surface area contributed by atoms with Gasteiger partial charge in [-0.2, -0.15) is 0 Å². The van der Waals surface area contributed by atoms with E-state index in [2.05, 4.69) is 28.9 Å². The van der Waals surface area contributed by atoms with Crippen molar-refractivity contribution in [1.29, 1.82) is 0 Å². The van der Waals surface area contributed by atoms with Gasteiger partial charge in [-0.3, -0.25) is 4.79 Å². The van der Waals surface area contributed by atoms with E-state index in [0.29, 0.717) is 11.7 Å². The van der Waals surface area contributed by atoms with Gasteiger partial charge in [-0.05, 0) is 80.5 Å². The summed E-state index contributed by atoms with van der Waals surface area (Å²) in [6.07, 6.45) is 5.55. The summed E-state index contributed by atoms with van der Waals surface area (Å²) in [5.41, 5.74) is 3.09. The smallest absolute Gasteiger partial charge is 0.254 e. The summed E-state index contributed by atoms with van der Waals surface area (Å²) in [6.45, 7) is 7.93. The molecular weight excluding hydrogens is 416 g/mol. The third-order valence-corrected chi connectivity index (χ3v) is 6.98. The molecule has 3 heterocycles. The molecule has 2 aromatic rings. The summed E-state index contributed by atoms with van der Waals surface area (Å²) in [7, 11) is 0. The van der Waals surface area contributed by atoms with Crippen molar-refractivity contribution in [2.45, 2.75) is 39.0 Å². The number of aryl methyl sites for hydroxylation is 1. The predicted molar refractivity (Wildman–Crippen MR) is 127 cm³/mol. The predicted octanol–water partition coefficient (Wildman–Crippen LogP) is 4.29. The maximum absolute atomic E-state index is 13.2. The van der Waals surface area contributed by atoms with E-state index in [-0.39, 0.29) is 12.7 Å². The molecule has 0 aliphatic carbocycles. The fourth-order valence-electron chi connectivity index (χ4n) is 5.25. The second-order valence-corrected chi connectivity index (χ2v) is 9.54. The van der Waals surface area contributed by atoms with Gasteiger partial charge in [-0.1, -0.05) is 18.6 Å². The molecule has 0 spiro atoms. The van der Waals surface area contributed by atoms with Crippen LogP contribution in [0.15, 0.2) is 36.4 Å². The molecule has 5 rings (SSSR count). The van der Waals surface area contributed by atoms with Gasteiger partial charge in [-0.15, -0.1) is 0 Å². The number of amides is 1. The first kappa shape index (κ1) is 22.1. The summed E-state index contributed by atoms with van der Waals surface area (Å²) in [5.74, 6) is 3.06. The van der Waals surface area contributed by atoms with Gasteiger partial charge in [0, 0.05) is 31.7 Å². The van der Waals surface area contributed by atoms with Crippen LogP contribution in [-0.2, 0) is 6.42 Å². The van der Waals surface area contributed by atoms with Crippen molar-refractivity contribution < 1.29 is 19.0 Å². The molecule has 33 heavy (non-hydrogen) atoms. The lowest BCUT2D eigenvalue weighted by atomic mass is 9.96. The number of rotatable bonds is 7. The molecule has 0 radical (unpaired) electrons. The van der Waals surface area contributed by atoms with Crippen molar-refractivity contribution in [2.24, 2.45) is 5.92 Å². The number of hydrogen-bond donors (Lipinski definition) is 0. The molecule has 0 N–H and O–H groups in total. The zero-order valence-corrected chi connectivity index (χ0v) is 19.6. The molecule has 0 bridgehead atoms. The first-order valence-electron chi connectivity index (χ1n) is 12.3. The molecular formula is C27H34N2O4. The standard InChI is InChI=1S/C27H34N2O4/c1-20-6-4-8-23(14-20)31-13-5-11-28-10-3-2-7-21(17-28)18-29-12-9-22-15-25-26(33-19-32-25)16-24(22)27(29)30/h4,6,8,14-16,21H,2-3,5,7,9-13,17-19H2,1H3. The lowest BCUT2D eigenvalue weighted by Gasteiger charge is -2.33. The van der Waals surface area contributed by atoms with E-state index in [0.717, 1.165) is 74.8 Å². The Balaban J connectivity index is 1.13. The van der Waals surface area contributed by atoms with Crippen molar-refractivity contribution in [3.8, 4) is 17.2 Å². The molecule has 1 saturated heterocycles. The fourth-order valence-corrected chi connectivity index (χ4v) is 5.25. The monoisotopic (exact) mass is 450 g/mol. The third kappa shape index (κ3) is 5.27. The Morgan fingerprint density at radius 1 is 1.09 bits per heavy atom. The minimum absolute atomic E-state index is 0.136. The van der Waals surface area contributed by atoms with E-state index in [9.17, 15) is 4.79 Å². The number of benzene rings is 2. The molecule has 1 fully saturated rings. The van der Waals surface area contributed by atoms with Gasteiger partial charge in [0.2, 0.25) is 6.79 Å². The number of hydrogen-bond acceptors (Lipinski definition) is 5. The van der Waals surface area contributed by atoms with Crippen molar-refractivity contribution >= 4 is 5.91 Å². The van der Waals surface area contributed by atoms with E-state index in [4.69, 9.17) is 14.2 Å². The second kappa shape index (κ2) is 10.0. The van der Waals surface area contributed by atoms with Gasteiger partial charge in [0.25, 0.3) is 5.91 Å². The molecule has 1 atom stereocenters. The zero-order chi connectivity index (χ0) is 22.6. The van der Waals surface area contributed by atoms with Gasteiger partial charge in [0.05, 0.1) is 6.61 Å². The zero-order valence-electron chi connectivity index (χ0n) is 19.6. The number of ether oxygens (including phenoxy) is 3. The second-order valence-electron chi connectivity index (χ2n) is 9.54. The lowest BCUT2D eigenvalue weighted by molar-refractivity contribution is 0.0694. The highest BCUT2D eigenvalue weighted by atomic mass is 16.7. The summed E-state index contributed by atoms with van der Waals surface area (Å²) in [5, 5.41) is 0. The molecule has 3 aliphatic rings. The minimum atomic E-state index is 0.136. The Morgan fingerprint density at radius 2 is 1.97 bits per heavy atom. The van der Waals surface area contributed by atoms with Gasteiger partial charge in [0.15, 0.2) is 11.5 Å². The number of likely N-dealkylation sites (tertiary alicyclic amines) is 1. The van der Waals surface area contributed by atoms with Crippen LogP contribution in [0, 0.1) is 12.8 Å².